The van der Waals surface area contributed by atoms with E-state index in [0.717, 1.165) is 11.4 Å². The van der Waals surface area contributed by atoms with Gasteiger partial charge in [-0.05, 0) is 32.9 Å². The summed E-state index contributed by atoms with van der Waals surface area (Å²) in [5, 5.41) is 13.1. The van der Waals surface area contributed by atoms with Gasteiger partial charge in [0.1, 0.15) is 11.5 Å². The lowest BCUT2D eigenvalue weighted by molar-refractivity contribution is 0.0648. The third-order valence-corrected chi connectivity index (χ3v) is 2.84. The molecule has 1 aromatic rings. The van der Waals surface area contributed by atoms with E-state index in [0.29, 0.717) is 5.75 Å². The second-order valence-electron chi connectivity index (χ2n) is 4.59. The van der Waals surface area contributed by atoms with E-state index in [1.165, 1.54) is 0 Å². The third kappa shape index (κ3) is 3.53. The lowest BCUT2D eigenvalue weighted by atomic mass is 10.0. The van der Waals surface area contributed by atoms with Crippen LogP contribution in [0.3, 0.4) is 0 Å². The zero-order valence-corrected chi connectivity index (χ0v) is 11.1. The Labute approximate surface area is 103 Å². The van der Waals surface area contributed by atoms with Crippen molar-refractivity contribution in [2.45, 2.75) is 32.4 Å². The Morgan fingerprint density at radius 1 is 1.24 bits per heavy atom. The number of anilines is 1. The van der Waals surface area contributed by atoms with Gasteiger partial charge in [0.05, 0.1) is 31.5 Å². The quantitative estimate of drug-likeness (QED) is 0.827. The predicted octanol–water partition coefficient (Wildman–Crippen LogP) is 2.28. The number of hydrogen-bond acceptors (Lipinski definition) is 4. The van der Waals surface area contributed by atoms with Crippen molar-refractivity contribution in [2.24, 2.45) is 0 Å². The molecule has 0 radical (unpaired) electrons. The van der Waals surface area contributed by atoms with E-state index in [9.17, 15) is 5.11 Å². The van der Waals surface area contributed by atoms with Crippen molar-refractivity contribution in [3.05, 3.63) is 18.2 Å². The van der Waals surface area contributed by atoms with Crippen molar-refractivity contribution in [1.82, 2.24) is 0 Å². The molecule has 17 heavy (non-hydrogen) atoms. The van der Waals surface area contributed by atoms with Gasteiger partial charge in [-0.15, -0.1) is 0 Å². The number of benzene rings is 1. The maximum atomic E-state index is 9.88. The molecule has 1 atom stereocenters. The molecule has 4 heteroatoms. The van der Waals surface area contributed by atoms with Gasteiger partial charge in [-0.3, -0.25) is 0 Å². The first-order valence-electron chi connectivity index (χ1n) is 5.59. The lowest BCUT2D eigenvalue weighted by Gasteiger charge is -2.28. The Morgan fingerprint density at radius 3 is 2.35 bits per heavy atom. The van der Waals surface area contributed by atoms with Crippen LogP contribution in [0.2, 0.25) is 0 Å². The van der Waals surface area contributed by atoms with Crippen molar-refractivity contribution in [3.8, 4) is 11.5 Å². The Morgan fingerprint density at radius 2 is 1.88 bits per heavy atom. The van der Waals surface area contributed by atoms with Gasteiger partial charge in [0, 0.05) is 6.07 Å². The van der Waals surface area contributed by atoms with Gasteiger partial charge in [0.25, 0.3) is 0 Å². The standard InChI is InChI=1S/C13H21NO3/c1-9(13(2,3)15)14-11-7-6-10(16-4)8-12(11)17-5/h6-9,14-15H,1-5H3. The fraction of sp³-hybridized carbons (Fsp3) is 0.538. The molecule has 4 nitrogen and oxygen atoms in total. The van der Waals surface area contributed by atoms with Crippen LogP contribution in [0, 0.1) is 0 Å². The van der Waals surface area contributed by atoms with Crippen LogP contribution in [-0.2, 0) is 0 Å². The van der Waals surface area contributed by atoms with E-state index in [4.69, 9.17) is 9.47 Å². The van der Waals surface area contributed by atoms with Gasteiger partial charge in [-0.1, -0.05) is 0 Å². The van der Waals surface area contributed by atoms with Gasteiger partial charge < -0.3 is 19.9 Å². The summed E-state index contributed by atoms with van der Waals surface area (Å²) in [6.07, 6.45) is 0. The van der Waals surface area contributed by atoms with E-state index in [2.05, 4.69) is 5.32 Å². The molecule has 0 aliphatic rings. The Hall–Kier alpha value is -1.42. The molecule has 1 rings (SSSR count). The highest BCUT2D eigenvalue weighted by Gasteiger charge is 2.22. The van der Waals surface area contributed by atoms with Crippen LogP contribution in [0.15, 0.2) is 18.2 Å². The van der Waals surface area contributed by atoms with E-state index in [1.807, 2.05) is 19.1 Å². The van der Waals surface area contributed by atoms with Gasteiger partial charge in [-0.25, -0.2) is 0 Å². The normalized spacial score (nSPS) is 13.1. The molecule has 2 N–H and O–H groups in total. The smallest absolute Gasteiger partial charge is 0.145 e. The van der Waals surface area contributed by atoms with Crippen LogP contribution in [0.1, 0.15) is 20.8 Å². The maximum Gasteiger partial charge on any atom is 0.145 e. The summed E-state index contributed by atoms with van der Waals surface area (Å²) in [6.45, 7) is 5.45. The highest BCUT2D eigenvalue weighted by Crippen LogP contribution is 2.30. The van der Waals surface area contributed by atoms with E-state index >= 15 is 0 Å². The SMILES string of the molecule is COc1ccc(NC(C)C(C)(C)O)c(OC)c1. The van der Waals surface area contributed by atoms with Crippen molar-refractivity contribution < 1.29 is 14.6 Å². The van der Waals surface area contributed by atoms with Crippen LogP contribution in [0.5, 0.6) is 11.5 Å². The minimum Gasteiger partial charge on any atom is -0.497 e. The monoisotopic (exact) mass is 239 g/mol. The summed E-state index contributed by atoms with van der Waals surface area (Å²) in [5.41, 5.74) is 0.0354. The third-order valence-electron chi connectivity index (χ3n) is 2.84. The summed E-state index contributed by atoms with van der Waals surface area (Å²) in [7, 11) is 3.22. The Balaban J connectivity index is 2.91. The first-order chi connectivity index (χ1) is 7.88. The summed E-state index contributed by atoms with van der Waals surface area (Å²) < 4.78 is 10.4. The Bertz CT molecular complexity index is 371. The fourth-order valence-electron chi connectivity index (χ4n) is 1.33. The first-order valence-corrected chi connectivity index (χ1v) is 5.59. The highest BCUT2D eigenvalue weighted by atomic mass is 16.5. The molecular weight excluding hydrogens is 218 g/mol. The zero-order chi connectivity index (χ0) is 13.1. The molecule has 0 spiro atoms. The molecule has 0 amide bonds. The zero-order valence-electron chi connectivity index (χ0n) is 11.1. The second-order valence-corrected chi connectivity index (χ2v) is 4.59. The average Bonchev–Trinajstić information content (AvgIpc) is 2.28. The molecule has 0 heterocycles. The van der Waals surface area contributed by atoms with Crippen molar-refractivity contribution >= 4 is 5.69 Å². The predicted molar refractivity (Wildman–Crippen MR) is 68.9 cm³/mol. The number of hydrogen-bond donors (Lipinski definition) is 2. The van der Waals surface area contributed by atoms with Gasteiger partial charge in [-0.2, -0.15) is 0 Å². The topological polar surface area (TPSA) is 50.7 Å². The van der Waals surface area contributed by atoms with Crippen LogP contribution in [0.25, 0.3) is 0 Å². The van der Waals surface area contributed by atoms with Crippen molar-refractivity contribution in [1.29, 1.82) is 0 Å². The second kappa shape index (κ2) is 5.27. The summed E-state index contributed by atoms with van der Waals surface area (Å²) >= 11 is 0. The molecule has 0 aliphatic carbocycles. The van der Waals surface area contributed by atoms with E-state index in [1.54, 1.807) is 34.1 Å². The average molecular weight is 239 g/mol. The largest absolute Gasteiger partial charge is 0.497 e. The van der Waals surface area contributed by atoms with Crippen LogP contribution in [0.4, 0.5) is 5.69 Å². The van der Waals surface area contributed by atoms with E-state index < -0.39 is 5.60 Å². The number of ether oxygens (including phenoxy) is 2. The Kier molecular flexibility index (Phi) is 4.23. The number of aliphatic hydroxyl groups is 1. The molecular formula is C13H21NO3. The minimum atomic E-state index is -0.801. The molecule has 0 aromatic heterocycles. The van der Waals surface area contributed by atoms with Gasteiger partial charge in [0.15, 0.2) is 0 Å². The highest BCUT2D eigenvalue weighted by molar-refractivity contribution is 5.59. The molecule has 96 valence electrons. The molecule has 0 saturated heterocycles. The van der Waals surface area contributed by atoms with Gasteiger partial charge >= 0.3 is 0 Å². The number of rotatable bonds is 5. The molecule has 1 unspecified atom stereocenters. The molecule has 0 fully saturated rings. The van der Waals surface area contributed by atoms with Gasteiger partial charge in [0.2, 0.25) is 0 Å². The number of methoxy groups -OCH3 is 2. The molecule has 0 bridgehead atoms. The molecule has 1 aromatic carbocycles. The maximum absolute atomic E-state index is 9.88. The number of nitrogens with one attached hydrogen (secondary N) is 1. The first kappa shape index (κ1) is 13.6. The summed E-state index contributed by atoms with van der Waals surface area (Å²) in [4.78, 5) is 0. The van der Waals surface area contributed by atoms with Crippen LogP contribution < -0.4 is 14.8 Å². The van der Waals surface area contributed by atoms with Crippen LogP contribution >= 0.6 is 0 Å². The van der Waals surface area contributed by atoms with Crippen molar-refractivity contribution in [3.63, 3.8) is 0 Å². The molecule has 0 saturated carbocycles. The van der Waals surface area contributed by atoms with Crippen molar-refractivity contribution in [2.75, 3.05) is 19.5 Å². The fourth-order valence-corrected chi connectivity index (χ4v) is 1.33. The summed E-state index contributed by atoms with van der Waals surface area (Å²) in [5.74, 6) is 1.43. The summed E-state index contributed by atoms with van der Waals surface area (Å²) in [6, 6.07) is 5.44. The van der Waals surface area contributed by atoms with E-state index in [-0.39, 0.29) is 6.04 Å². The lowest BCUT2D eigenvalue weighted by Crippen LogP contribution is -2.39. The minimum absolute atomic E-state index is 0.0928. The molecule has 0 aliphatic heterocycles. The van der Waals surface area contributed by atoms with Crippen LogP contribution in [-0.4, -0.2) is 31.0 Å².